The Morgan fingerprint density at radius 2 is 2.36 bits per heavy atom. The molecule has 2 amide bonds. The van der Waals surface area contributed by atoms with Crippen LogP contribution >= 0.6 is 0 Å². The Bertz CT molecular complexity index is 504. The molecule has 0 aromatic heterocycles. The molecule has 2 rings (SSSR count). The van der Waals surface area contributed by atoms with Gasteiger partial charge in [-0.3, -0.25) is 4.90 Å². The number of hydrogen-bond donors (Lipinski definition) is 2. The summed E-state index contributed by atoms with van der Waals surface area (Å²) in [5.41, 5.74) is -2.51. The van der Waals surface area contributed by atoms with Crippen LogP contribution in [0.25, 0.3) is 0 Å². The highest BCUT2D eigenvalue weighted by atomic mass is 19.1. The first kappa shape index (κ1) is 16.7. The van der Waals surface area contributed by atoms with E-state index in [0.717, 1.165) is 4.90 Å². The maximum Gasteiger partial charge on any atom is 0.324 e. The normalized spacial score (nSPS) is 38.2. The maximum atomic E-state index is 15.0. The van der Waals surface area contributed by atoms with Crippen LogP contribution in [0.5, 0.6) is 0 Å². The number of nitrogens with zero attached hydrogens (tertiary/aromatic N) is 1. The van der Waals surface area contributed by atoms with Gasteiger partial charge in [0.05, 0.1) is 12.7 Å². The Hall–Kier alpha value is -1.62. The van der Waals surface area contributed by atoms with E-state index in [1.54, 1.807) is 13.0 Å². The molecule has 7 heteroatoms. The first-order valence-corrected chi connectivity index (χ1v) is 7.18. The monoisotopic (exact) mass is 312 g/mol. The van der Waals surface area contributed by atoms with Crippen molar-refractivity contribution in [2.45, 2.75) is 57.0 Å². The number of carbonyl (C=O) groups excluding carboxylic acids is 1. The number of ether oxygens (including phenoxy) is 2. The lowest BCUT2D eigenvalue weighted by atomic mass is 9.96. The summed E-state index contributed by atoms with van der Waals surface area (Å²) in [5, 5.41) is 12.8. The summed E-state index contributed by atoms with van der Waals surface area (Å²) in [5.74, 6) is 1.93. The highest BCUT2D eigenvalue weighted by Crippen LogP contribution is 2.37. The van der Waals surface area contributed by atoms with Crippen molar-refractivity contribution >= 4 is 6.03 Å². The fourth-order valence-corrected chi connectivity index (χ4v) is 2.39. The number of terminal acetylenes is 1. The van der Waals surface area contributed by atoms with Gasteiger partial charge >= 0.3 is 6.03 Å². The third-order valence-electron chi connectivity index (χ3n) is 3.63. The van der Waals surface area contributed by atoms with Crippen LogP contribution in [0.1, 0.15) is 20.8 Å². The molecule has 0 bridgehead atoms. The van der Waals surface area contributed by atoms with Crippen LogP contribution in [0, 0.1) is 12.3 Å². The van der Waals surface area contributed by atoms with E-state index >= 15 is 4.39 Å². The third kappa shape index (κ3) is 2.95. The van der Waals surface area contributed by atoms with Crippen LogP contribution in [0.3, 0.4) is 0 Å². The van der Waals surface area contributed by atoms with Crippen molar-refractivity contribution in [1.82, 2.24) is 10.2 Å². The number of nitrogens with one attached hydrogen (secondary N) is 1. The molecule has 1 fully saturated rings. The highest BCUT2D eigenvalue weighted by Gasteiger charge is 2.59. The second kappa shape index (κ2) is 6.24. The van der Waals surface area contributed by atoms with E-state index in [4.69, 9.17) is 15.9 Å². The fourth-order valence-electron chi connectivity index (χ4n) is 2.39. The predicted molar refractivity (Wildman–Crippen MR) is 77.4 cm³/mol. The minimum absolute atomic E-state index is 0.0156. The van der Waals surface area contributed by atoms with Gasteiger partial charge in [-0.05, 0) is 26.8 Å². The molecular formula is C15H21FN2O4. The topological polar surface area (TPSA) is 71.0 Å². The number of urea groups is 1. The van der Waals surface area contributed by atoms with Gasteiger partial charge in [0.2, 0.25) is 5.67 Å². The molecule has 2 aliphatic heterocycles. The Balaban J connectivity index is 2.21. The first-order chi connectivity index (χ1) is 10.3. The van der Waals surface area contributed by atoms with Gasteiger partial charge in [-0.25, -0.2) is 9.18 Å². The molecule has 0 aliphatic carbocycles. The third-order valence-corrected chi connectivity index (χ3v) is 3.63. The van der Waals surface area contributed by atoms with Gasteiger partial charge < -0.3 is 19.9 Å². The van der Waals surface area contributed by atoms with Crippen molar-refractivity contribution in [3.05, 3.63) is 12.3 Å². The highest BCUT2D eigenvalue weighted by molar-refractivity contribution is 5.77. The van der Waals surface area contributed by atoms with Crippen LogP contribution in [0.2, 0.25) is 0 Å². The molecule has 0 aromatic rings. The number of halogens is 1. The SMILES string of the molecule is C#C[C@@]1(F)[C@H](O)[C@@H](COC(C)C)O[C@H]1N1C=CC(C)NC1=O. The number of hydrogen-bond acceptors (Lipinski definition) is 4. The molecular weight excluding hydrogens is 291 g/mol. The molecule has 0 saturated carbocycles. The maximum absolute atomic E-state index is 15.0. The molecule has 1 unspecified atom stereocenters. The second-order valence-corrected chi connectivity index (χ2v) is 5.75. The number of alkyl halides is 1. The average molecular weight is 312 g/mol. The molecule has 22 heavy (non-hydrogen) atoms. The van der Waals surface area contributed by atoms with Crippen molar-refractivity contribution < 1.29 is 23.8 Å². The van der Waals surface area contributed by atoms with Crippen molar-refractivity contribution in [2.24, 2.45) is 0 Å². The van der Waals surface area contributed by atoms with Gasteiger partial charge in [0.1, 0.15) is 12.2 Å². The summed E-state index contributed by atoms with van der Waals surface area (Å²) in [7, 11) is 0. The number of aliphatic hydroxyl groups excluding tert-OH is 1. The van der Waals surface area contributed by atoms with Crippen molar-refractivity contribution in [1.29, 1.82) is 0 Å². The number of rotatable bonds is 4. The van der Waals surface area contributed by atoms with Crippen molar-refractivity contribution in [3.63, 3.8) is 0 Å². The number of carbonyl (C=O) groups is 1. The molecule has 0 spiro atoms. The molecule has 122 valence electrons. The Kier molecular flexibility index (Phi) is 4.75. The molecule has 2 aliphatic rings. The minimum Gasteiger partial charge on any atom is -0.386 e. The van der Waals surface area contributed by atoms with Crippen LogP contribution in [-0.2, 0) is 9.47 Å². The number of amides is 2. The van der Waals surface area contributed by atoms with Gasteiger partial charge in [0, 0.05) is 12.2 Å². The Morgan fingerprint density at radius 1 is 1.68 bits per heavy atom. The second-order valence-electron chi connectivity index (χ2n) is 5.75. The van der Waals surface area contributed by atoms with Gasteiger partial charge in [-0.15, -0.1) is 6.42 Å². The van der Waals surface area contributed by atoms with Gasteiger partial charge in [-0.1, -0.05) is 5.92 Å². The van der Waals surface area contributed by atoms with E-state index in [1.165, 1.54) is 6.20 Å². The van der Waals surface area contributed by atoms with Crippen molar-refractivity contribution in [2.75, 3.05) is 6.61 Å². The van der Waals surface area contributed by atoms with Crippen molar-refractivity contribution in [3.8, 4) is 12.3 Å². The lowest BCUT2D eigenvalue weighted by Gasteiger charge is -2.34. The van der Waals surface area contributed by atoms with Gasteiger partial charge in [-0.2, -0.15) is 0 Å². The lowest BCUT2D eigenvalue weighted by molar-refractivity contribution is -0.0843. The lowest BCUT2D eigenvalue weighted by Crippen LogP contribution is -2.56. The molecule has 6 nitrogen and oxygen atoms in total. The minimum atomic E-state index is -2.51. The molecule has 0 aromatic carbocycles. The predicted octanol–water partition coefficient (Wildman–Crippen LogP) is 0.766. The van der Waals surface area contributed by atoms with E-state index in [9.17, 15) is 9.90 Å². The quantitative estimate of drug-likeness (QED) is 0.752. The molecule has 2 heterocycles. The summed E-state index contributed by atoms with van der Waals surface area (Å²) >= 11 is 0. The first-order valence-electron chi connectivity index (χ1n) is 7.18. The van der Waals surface area contributed by atoms with Crippen LogP contribution in [0.15, 0.2) is 12.3 Å². The van der Waals surface area contributed by atoms with E-state index in [0.29, 0.717) is 0 Å². The Morgan fingerprint density at radius 3 is 2.91 bits per heavy atom. The van der Waals surface area contributed by atoms with E-state index in [-0.39, 0.29) is 18.8 Å². The van der Waals surface area contributed by atoms with Crippen LogP contribution in [0.4, 0.5) is 9.18 Å². The largest absolute Gasteiger partial charge is 0.386 e. The summed E-state index contributed by atoms with van der Waals surface area (Å²) in [4.78, 5) is 13.0. The van der Waals surface area contributed by atoms with Crippen LogP contribution in [-0.4, -0.2) is 58.9 Å². The molecule has 1 saturated heterocycles. The zero-order valence-electron chi connectivity index (χ0n) is 12.8. The number of aliphatic hydroxyl groups is 1. The van der Waals surface area contributed by atoms with Gasteiger partial charge in [0.15, 0.2) is 6.23 Å². The summed E-state index contributed by atoms with van der Waals surface area (Å²) in [6.07, 6.45) is 4.31. The van der Waals surface area contributed by atoms with E-state index < -0.39 is 30.1 Å². The average Bonchev–Trinajstić information content (AvgIpc) is 2.70. The summed E-state index contributed by atoms with van der Waals surface area (Å²) in [6, 6.07) is -0.704. The molecule has 5 atom stereocenters. The summed E-state index contributed by atoms with van der Waals surface area (Å²) < 4.78 is 25.9. The van der Waals surface area contributed by atoms with E-state index in [2.05, 4.69) is 5.32 Å². The zero-order valence-corrected chi connectivity index (χ0v) is 12.8. The van der Waals surface area contributed by atoms with Gasteiger partial charge in [0.25, 0.3) is 0 Å². The smallest absolute Gasteiger partial charge is 0.324 e. The Labute approximate surface area is 129 Å². The standard InChI is InChI=1S/C15H21FN2O4/c1-5-15(16)12(19)11(8-21-9(2)3)22-13(15)18-7-6-10(4)17-14(18)20/h1,6-7,9-13,19H,8H2,2-4H3,(H,17,20)/t10?,11-,12-,13-,15-/m1/s1. The van der Waals surface area contributed by atoms with E-state index in [1.807, 2.05) is 19.8 Å². The van der Waals surface area contributed by atoms with Crippen LogP contribution < -0.4 is 5.32 Å². The zero-order chi connectivity index (χ0) is 16.5. The summed E-state index contributed by atoms with van der Waals surface area (Å²) in [6.45, 7) is 5.38. The molecule has 0 radical (unpaired) electrons. The fraction of sp³-hybridized carbons (Fsp3) is 0.667. The molecule has 2 N–H and O–H groups in total.